The maximum Gasteiger partial charge on any atom is 0.240 e. The molecule has 0 aliphatic carbocycles. The Morgan fingerprint density at radius 3 is 2.63 bits per heavy atom. The van der Waals surface area contributed by atoms with Crippen LogP contribution in [0.1, 0.15) is 5.56 Å². The normalized spacial score (nSPS) is 11.7. The minimum Gasteiger partial charge on any atom is -0.508 e. The van der Waals surface area contributed by atoms with Gasteiger partial charge >= 0.3 is 0 Å². The molecule has 4 N–H and O–H groups in total. The van der Waals surface area contributed by atoms with Crippen LogP contribution < -0.4 is 10.5 Å². The molecular formula is C11H18N2O3S3. The predicted octanol–water partition coefficient (Wildman–Crippen LogP) is 1.32. The third-order valence-corrected chi connectivity index (χ3v) is 6.14. The Balaban J connectivity index is 2.49. The van der Waals surface area contributed by atoms with Gasteiger partial charge in [-0.1, -0.05) is 21.6 Å². The highest BCUT2D eigenvalue weighted by Crippen LogP contribution is 2.21. The maximum absolute atomic E-state index is 12.0. The van der Waals surface area contributed by atoms with E-state index < -0.39 is 10.0 Å². The molecule has 0 amide bonds. The van der Waals surface area contributed by atoms with Crippen molar-refractivity contribution in [3.8, 4) is 5.75 Å². The molecular weight excluding hydrogens is 304 g/mol. The summed E-state index contributed by atoms with van der Waals surface area (Å²) in [4.78, 5) is 0.169. The molecule has 1 aromatic carbocycles. The first kappa shape index (κ1) is 16.6. The van der Waals surface area contributed by atoms with Gasteiger partial charge in [-0.15, -0.1) is 0 Å². The third kappa shape index (κ3) is 5.62. The standard InChI is InChI=1S/C11H18N2O3S3/c1-9-8-10(2-3-11(9)14)19(15,16)13-5-7-18-17-6-4-12/h2-3,8,13-14H,4-7,12H2,1H3. The zero-order valence-electron chi connectivity index (χ0n) is 10.6. The minimum absolute atomic E-state index is 0.0905. The molecule has 0 atom stereocenters. The van der Waals surface area contributed by atoms with Gasteiger partial charge in [0.15, 0.2) is 0 Å². The number of aryl methyl sites for hydroxylation is 1. The molecule has 1 aromatic rings. The molecule has 0 fully saturated rings. The van der Waals surface area contributed by atoms with Crippen LogP contribution in [0.2, 0.25) is 0 Å². The van der Waals surface area contributed by atoms with Crippen molar-refractivity contribution in [3.05, 3.63) is 23.8 Å². The quantitative estimate of drug-likeness (QED) is 0.494. The van der Waals surface area contributed by atoms with Gasteiger partial charge in [0, 0.05) is 24.6 Å². The lowest BCUT2D eigenvalue weighted by Gasteiger charge is -2.07. The van der Waals surface area contributed by atoms with E-state index in [0.29, 0.717) is 24.4 Å². The van der Waals surface area contributed by atoms with Crippen molar-refractivity contribution in [2.75, 3.05) is 24.6 Å². The molecule has 0 bridgehead atoms. The van der Waals surface area contributed by atoms with Crippen LogP contribution in [0.4, 0.5) is 0 Å². The van der Waals surface area contributed by atoms with Gasteiger partial charge in [0.1, 0.15) is 5.75 Å². The summed E-state index contributed by atoms with van der Waals surface area (Å²) in [6, 6.07) is 4.23. The van der Waals surface area contributed by atoms with Crippen LogP contribution in [-0.4, -0.2) is 38.1 Å². The summed E-state index contributed by atoms with van der Waals surface area (Å²) in [5.41, 5.74) is 5.89. The lowest BCUT2D eigenvalue weighted by molar-refractivity contribution is 0.470. The maximum atomic E-state index is 12.0. The van der Waals surface area contributed by atoms with E-state index >= 15 is 0 Å². The number of phenolic OH excluding ortho intramolecular Hbond substituents is 1. The highest BCUT2D eigenvalue weighted by atomic mass is 33.1. The lowest BCUT2D eigenvalue weighted by atomic mass is 10.2. The second-order valence-corrected chi connectivity index (χ2v) is 8.25. The van der Waals surface area contributed by atoms with Gasteiger partial charge in [-0.2, -0.15) is 0 Å². The number of benzene rings is 1. The van der Waals surface area contributed by atoms with E-state index in [1.807, 2.05) is 0 Å². The van der Waals surface area contributed by atoms with Gasteiger partial charge in [-0.25, -0.2) is 13.1 Å². The van der Waals surface area contributed by atoms with Crippen LogP contribution in [0.15, 0.2) is 23.1 Å². The molecule has 8 heteroatoms. The lowest BCUT2D eigenvalue weighted by Crippen LogP contribution is -2.26. The van der Waals surface area contributed by atoms with E-state index in [4.69, 9.17) is 5.73 Å². The summed E-state index contributed by atoms with van der Waals surface area (Å²) < 4.78 is 26.4. The Labute approximate surface area is 121 Å². The summed E-state index contributed by atoms with van der Waals surface area (Å²) in [5.74, 6) is 1.63. The Bertz CT molecular complexity index is 506. The van der Waals surface area contributed by atoms with Crippen molar-refractivity contribution < 1.29 is 13.5 Å². The topological polar surface area (TPSA) is 92.4 Å². The monoisotopic (exact) mass is 322 g/mol. The Morgan fingerprint density at radius 2 is 2.00 bits per heavy atom. The highest BCUT2D eigenvalue weighted by molar-refractivity contribution is 8.76. The molecule has 1 rings (SSSR count). The number of nitrogens with one attached hydrogen (secondary N) is 1. The molecule has 19 heavy (non-hydrogen) atoms. The summed E-state index contributed by atoms with van der Waals surface area (Å²) in [7, 11) is -0.284. The fraction of sp³-hybridized carbons (Fsp3) is 0.455. The molecule has 0 saturated carbocycles. The molecule has 0 aliphatic rings. The van der Waals surface area contributed by atoms with Gasteiger partial charge in [0.05, 0.1) is 4.90 Å². The van der Waals surface area contributed by atoms with Crippen LogP contribution in [0.3, 0.4) is 0 Å². The predicted molar refractivity (Wildman–Crippen MR) is 82.0 cm³/mol. The second kappa shape index (κ2) is 8.01. The summed E-state index contributed by atoms with van der Waals surface area (Å²) in [6.07, 6.45) is 0. The van der Waals surface area contributed by atoms with E-state index in [-0.39, 0.29) is 10.6 Å². The molecule has 0 unspecified atom stereocenters. The molecule has 0 saturated heterocycles. The SMILES string of the molecule is Cc1cc(S(=O)(=O)NCCSSCCN)ccc1O. The van der Waals surface area contributed by atoms with Crippen LogP contribution in [0.25, 0.3) is 0 Å². The fourth-order valence-electron chi connectivity index (χ4n) is 1.26. The van der Waals surface area contributed by atoms with Gasteiger partial charge in [-0.3, -0.25) is 0 Å². The van der Waals surface area contributed by atoms with Gasteiger partial charge in [0.25, 0.3) is 0 Å². The first-order valence-electron chi connectivity index (χ1n) is 5.71. The van der Waals surface area contributed by atoms with Crippen LogP contribution in [0, 0.1) is 6.92 Å². The molecule has 5 nitrogen and oxygen atoms in total. The molecule has 0 spiro atoms. The molecule has 0 aliphatic heterocycles. The summed E-state index contributed by atoms with van der Waals surface area (Å²) in [5, 5.41) is 9.37. The molecule has 0 radical (unpaired) electrons. The first-order chi connectivity index (χ1) is 8.97. The van der Waals surface area contributed by atoms with Crippen molar-refractivity contribution in [2.45, 2.75) is 11.8 Å². The van der Waals surface area contributed by atoms with Crippen molar-refractivity contribution in [1.82, 2.24) is 4.72 Å². The van der Waals surface area contributed by atoms with Crippen molar-refractivity contribution in [3.63, 3.8) is 0 Å². The van der Waals surface area contributed by atoms with E-state index in [1.165, 1.54) is 18.2 Å². The number of hydrogen-bond acceptors (Lipinski definition) is 6. The number of rotatable bonds is 8. The summed E-state index contributed by atoms with van der Waals surface area (Å²) in [6.45, 7) is 2.65. The number of phenols is 1. The van der Waals surface area contributed by atoms with E-state index in [2.05, 4.69) is 4.72 Å². The number of aromatic hydroxyl groups is 1. The van der Waals surface area contributed by atoms with E-state index in [1.54, 1.807) is 28.5 Å². The van der Waals surface area contributed by atoms with Crippen molar-refractivity contribution in [1.29, 1.82) is 0 Å². The van der Waals surface area contributed by atoms with Crippen LogP contribution in [0.5, 0.6) is 5.75 Å². The van der Waals surface area contributed by atoms with Crippen molar-refractivity contribution >= 4 is 31.6 Å². The average Bonchev–Trinajstić information content (AvgIpc) is 2.36. The zero-order chi connectivity index (χ0) is 14.3. The van der Waals surface area contributed by atoms with Gasteiger partial charge in [-0.05, 0) is 30.7 Å². The average molecular weight is 322 g/mol. The first-order valence-corrected chi connectivity index (χ1v) is 9.68. The Morgan fingerprint density at radius 1 is 1.32 bits per heavy atom. The van der Waals surface area contributed by atoms with E-state index in [9.17, 15) is 13.5 Å². The van der Waals surface area contributed by atoms with Gasteiger partial charge in [0.2, 0.25) is 10.0 Å². The summed E-state index contributed by atoms with van der Waals surface area (Å²) >= 11 is 0. The largest absolute Gasteiger partial charge is 0.508 e. The van der Waals surface area contributed by atoms with Crippen LogP contribution in [-0.2, 0) is 10.0 Å². The minimum atomic E-state index is -3.50. The highest BCUT2D eigenvalue weighted by Gasteiger charge is 2.14. The second-order valence-electron chi connectivity index (χ2n) is 3.78. The van der Waals surface area contributed by atoms with Crippen LogP contribution >= 0.6 is 21.6 Å². The number of sulfonamides is 1. The number of nitrogens with two attached hydrogens (primary N) is 1. The number of hydrogen-bond donors (Lipinski definition) is 3. The molecule has 0 heterocycles. The zero-order valence-corrected chi connectivity index (χ0v) is 13.1. The molecule has 108 valence electrons. The Kier molecular flexibility index (Phi) is 7.01. The fourth-order valence-corrected chi connectivity index (χ4v) is 4.27. The molecule has 0 aromatic heterocycles. The van der Waals surface area contributed by atoms with E-state index in [0.717, 1.165) is 5.75 Å². The smallest absolute Gasteiger partial charge is 0.240 e. The third-order valence-electron chi connectivity index (χ3n) is 2.24. The van der Waals surface area contributed by atoms with Crippen molar-refractivity contribution in [2.24, 2.45) is 5.73 Å². The van der Waals surface area contributed by atoms with Gasteiger partial charge < -0.3 is 10.8 Å². The Hall–Kier alpha value is -0.410.